The van der Waals surface area contributed by atoms with Crippen molar-refractivity contribution in [3.05, 3.63) is 29.8 Å². The molecule has 0 saturated carbocycles. The first kappa shape index (κ1) is 11.5. The maximum absolute atomic E-state index is 12.8. The molecule has 2 heterocycles. The van der Waals surface area contributed by atoms with Crippen molar-refractivity contribution in [3.8, 4) is 0 Å². The smallest absolute Gasteiger partial charge is 0.141 e. The van der Waals surface area contributed by atoms with Gasteiger partial charge >= 0.3 is 0 Å². The molecule has 0 radical (unpaired) electrons. The molecular formula is C12H18FN3. The molecule has 0 aromatic carbocycles. The standard InChI is InChI=1S/C12H18FN3/c1-8-6-16(7-11(8)14)9(2)12-4-3-10(13)5-15-12/h3-5,8-9,11H,6-7,14H2,1-2H3. The van der Waals surface area contributed by atoms with E-state index < -0.39 is 0 Å². The molecule has 4 heteroatoms. The summed E-state index contributed by atoms with van der Waals surface area (Å²) in [5.74, 6) is 0.227. The van der Waals surface area contributed by atoms with Gasteiger partial charge in [-0.3, -0.25) is 9.88 Å². The topological polar surface area (TPSA) is 42.2 Å². The molecule has 3 atom stereocenters. The van der Waals surface area contributed by atoms with Gasteiger partial charge in [-0.1, -0.05) is 6.92 Å². The van der Waals surface area contributed by atoms with Crippen LogP contribution in [0.15, 0.2) is 18.3 Å². The van der Waals surface area contributed by atoms with Crippen LogP contribution in [0, 0.1) is 11.7 Å². The van der Waals surface area contributed by atoms with Crippen LogP contribution in [0.5, 0.6) is 0 Å². The summed E-state index contributed by atoms with van der Waals surface area (Å²) in [6, 6.07) is 3.65. The van der Waals surface area contributed by atoms with Crippen molar-refractivity contribution in [1.29, 1.82) is 0 Å². The third kappa shape index (κ3) is 2.23. The second-order valence-corrected chi connectivity index (χ2v) is 4.67. The van der Waals surface area contributed by atoms with E-state index in [9.17, 15) is 4.39 Å². The first-order valence-electron chi connectivity index (χ1n) is 5.69. The summed E-state index contributed by atoms with van der Waals surface area (Å²) >= 11 is 0. The van der Waals surface area contributed by atoms with Crippen molar-refractivity contribution in [3.63, 3.8) is 0 Å². The van der Waals surface area contributed by atoms with Gasteiger partial charge in [0.2, 0.25) is 0 Å². The molecule has 88 valence electrons. The second-order valence-electron chi connectivity index (χ2n) is 4.67. The number of pyridine rings is 1. The zero-order valence-electron chi connectivity index (χ0n) is 9.73. The normalized spacial score (nSPS) is 28.2. The average Bonchev–Trinajstić information content (AvgIpc) is 2.59. The molecule has 1 aromatic rings. The van der Waals surface area contributed by atoms with Gasteiger partial charge in [0.25, 0.3) is 0 Å². The Morgan fingerprint density at radius 1 is 1.50 bits per heavy atom. The van der Waals surface area contributed by atoms with Crippen LogP contribution in [-0.4, -0.2) is 29.0 Å². The minimum atomic E-state index is -0.289. The van der Waals surface area contributed by atoms with E-state index in [4.69, 9.17) is 5.73 Å². The Balaban J connectivity index is 2.08. The Morgan fingerprint density at radius 3 is 2.75 bits per heavy atom. The molecule has 16 heavy (non-hydrogen) atoms. The Morgan fingerprint density at radius 2 is 2.25 bits per heavy atom. The fourth-order valence-corrected chi connectivity index (χ4v) is 2.17. The van der Waals surface area contributed by atoms with Crippen LogP contribution >= 0.6 is 0 Å². The monoisotopic (exact) mass is 223 g/mol. The van der Waals surface area contributed by atoms with E-state index in [1.807, 2.05) is 0 Å². The molecule has 0 spiro atoms. The first-order chi connectivity index (χ1) is 7.58. The number of likely N-dealkylation sites (tertiary alicyclic amines) is 1. The van der Waals surface area contributed by atoms with E-state index in [1.165, 1.54) is 12.3 Å². The van der Waals surface area contributed by atoms with Gasteiger partial charge in [-0.2, -0.15) is 0 Å². The number of hydrogen-bond acceptors (Lipinski definition) is 3. The maximum Gasteiger partial charge on any atom is 0.141 e. The number of rotatable bonds is 2. The van der Waals surface area contributed by atoms with Gasteiger partial charge in [-0.25, -0.2) is 4.39 Å². The summed E-state index contributed by atoms with van der Waals surface area (Å²) in [5.41, 5.74) is 6.89. The second kappa shape index (κ2) is 4.47. The highest BCUT2D eigenvalue weighted by Gasteiger charge is 2.30. The Kier molecular flexibility index (Phi) is 3.21. The van der Waals surface area contributed by atoms with Crippen molar-refractivity contribution in [2.45, 2.75) is 25.9 Å². The summed E-state index contributed by atoms with van der Waals surface area (Å²) in [6.45, 7) is 6.13. The van der Waals surface area contributed by atoms with Gasteiger partial charge in [-0.15, -0.1) is 0 Å². The number of nitrogens with zero attached hydrogens (tertiary/aromatic N) is 2. The van der Waals surface area contributed by atoms with E-state index in [-0.39, 0.29) is 17.9 Å². The van der Waals surface area contributed by atoms with E-state index >= 15 is 0 Å². The Hall–Kier alpha value is -1.00. The van der Waals surface area contributed by atoms with Crippen molar-refractivity contribution < 1.29 is 4.39 Å². The highest BCUT2D eigenvalue weighted by Crippen LogP contribution is 2.25. The zero-order valence-corrected chi connectivity index (χ0v) is 9.73. The fourth-order valence-electron chi connectivity index (χ4n) is 2.17. The van der Waals surface area contributed by atoms with Crippen LogP contribution in [0.1, 0.15) is 25.6 Å². The lowest BCUT2D eigenvalue weighted by Gasteiger charge is -2.23. The lowest BCUT2D eigenvalue weighted by molar-refractivity contribution is 0.249. The lowest BCUT2D eigenvalue weighted by atomic mass is 10.1. The van der Waals surface area contributed by atoms with E-state index in [0.717, 1.165) is 18.8 Å². The molecule has 1 saturated heterocycles. The third-order valence-corrected chi connectivity index (χ3v) is 3.42. The van der Waals surface area contributed by atoms with Crippen molar-refractivity contribution >= 4 is 0 Å². The average molecular weight is 223 g/mol. The summed E-state index contributed by atoms with van der Waals surface area (Å²) in [6.07, 6.45) is 1.27. The van der Waals surface area contributed by atoms with Crippen LogP contribution in [-0.2, 0) is 0 Å². The van der Waals surface area contributed by atoms with Crippen molar-refractivity contribution in [2.24, 2.45) is 11.7 Å². The zero-order chi connectivity index (χ0) is 11.7. The first-order valence-corrected chi connectivity index (χ1v) is 5.69. The van der Waals surface area contributed by atoms with Crippen LogP contribution < -0.4 is 5.73 Å². The van der Waals surface area contributed by atoms with Crippen LogP contribution in [0.3, 0.4) is 0 Å². The van der Waals surface area contributed by atoms with Crippen LogP contribution in [0.4, 0.5) is 4.39 Å². The number of hydrogen-bond donors (Lipinski definition) is 1. The molecule has 1 aliphatic rings. The molecule has 3 unspecified atom stereocenters. The molecule has 0 amide bonds. The van der Waals surface area contributed by atoms with Gasteiger partial charge in [0.1, 0.15) is 5.82 Å². The number of nitrogens with two attached hydrogens (primary N) is 1. The third-order valence-electron chi connectivity index (χ3n) is 3.42. The van der Waals surface area contributed by atoms with Crippen molar-refractivity contribution in [2.75, 3.05) is 13.1 Å². The minimum absolute atomic E-state index is 0.205. The molecule has 2 rings (SSSR count). The molecule has 1 aromatic heterocycles. The Labute approximate surface area is 95.5 Å². The Bertz CT molecular complexity index is 342. The van der Waals surface area contributed by atoms with E-state index in [2.05, 4.69) is 23.7 Å². The summed E-state index contributed by atoms with van der Waals surface area (Å²) in [7, 11) is 0. The fraction of sp³-hybridized carbons (Fsp3) is 0.583. The summed E-state index contributed by atoms with van der Waals surface area (Å²) in [4.78, 5) is 6.42. The van der Waals surface area contributed by atoms with Crippen molar-refractivity contribution in [1.82, 2.24) is 9.88 Å². The molecule has 1 fully saturated rings. The van der Waals surface area contributed by atoms with Gasteiger partial charge in [-0.05, 0) is 25.0 Å². The maximum atomic E-state index is 12.8. The van der Waals surface area contributed by atoms with Crippen LogP contribution in [0.25, 0.3) is 0 Å². The predicted octanol–water partition coefficient (Wildman–Crippen LogP) is 1.56. The molecule has 0 bridgehead atoms. The lowest BCUT2D eigenvalue weighted by Crippen LogP contribution is -2.30. The molecule has 1 aliphatic heterocycles. The van der Waals surface area contributed by atoms with Crippen LogP contribution in [0.2, 0.25) is 0 Å². The molecule has 3 nitrogen and oxygen atoms in total. The molecule has 0 aliphatic carbocycles. The molecular weight excluding hydrogens is 205 g/mol. The number of halogens is 1. The summed E-state index contributed by atoms with van der Waals surface area (Å²) < 4.78 is 12.8. The van der Waals surface area contributed by atoms with E-state index in [0.29, 0.717) is 5.92 Å². The predicted molar refractivity (Wildman–Crippen MR) is 61.3 cm³/mol. The SMILES string of the molecule is CC1CN(C(C)c2ccc(F)cn2)CC1N. The molecule has 2 N–H and O–H groups in total. The van der Waals surface area contributed by atoms with Gasteiger partial charge in [0.05, 0.1) is 11.9 Å². The highest BCUT2D eigenvalue weighted by molar-refractivity contribution is 5.10. The highest BCUT2D eigenvalue weighted by atomic mass is 19.1. The number of aromatic nitrogens is 1. The van der Waals surface area contributed by atoms with Gasteiger partial charge in [0.15, 0.2) is 0 Å². The van der Waals surface area contributed by atoms with Gasteiger partial charge < -0.3 is 5.73 Å². The quantitative estimate of drug-likeness (QED) is 0.827. The summed E-state index contributed by atoms with van der Waals surface area (Å²) in [5, 5.41) is 0. The minimum Gasteiger partial charge on any atom is -0.326 e. The largest absolute Gasteiger partial charge is 0.326 e. The van der Waals surface area contributed by atoms with E-state index in [1.54, 1.807) is 6.07 Å². The van der Waals surface area contributed by atoms with Gasteiger partial charge in [0, 0.05) is 25.2 Å².